The predicted octanol–water partition coefficient (Wildman–Crippen LogP) is 1.61. The molecule has 2 rings (SSSR count). The maximum atomic E-state index is 11.9. The van der Waals surface area contributed by atoms with Gasteiger partial charge < -0.3 is 10.2 Å². The lowest BCUT2D eigenvalue weighted by Crippen LogP contribution is -2.35. The number of carbonyl (C=O) groups is 2. The number of nitrogens with zero attached hydrogens (tertiary/aromatic N) is 1. The lowest BCUT2D eigenvalue weighted by atomic mass is 10.2. The van der Waals surface area contributed by atoms with Gasteiger partial charge in [-0.3, -0.25) is 9.59 Å². The van der Waals surface area contributed by atoms with Crippen molar-refractivity contribution in [3.8, 4) is 0 Å². The Bertz CT molecular complexity index is 453. The summed E-state index contributed by atoms with van der Waals surface area (Å²) in [6.45, 7) is 2.48. The van der Waals surface area contributed by atoms with Crippen molar-refractivity contribution in [2.45, 2.75) is 13.3 Å². The van der Waals surface area contributed by atoms with Gasteiger partial charge in [0.05, 0.1) is 6.54 Å². The van der Waals surface area contributed by atoms with Gasteiger partial charge in [-0.15, -0.1) is 0 Å². The van der Waals surface area contributed by atoms with Gasteiger partial charge in [-0.1, -0.05) is 15.9 Å². The molecule has 0 spiro atoms. The van der Waals surface area contributed by atoms with Crippen LogP contribution in [0.25, 0.3) is 0 Å². The highest BCUT2D eigenvalue weighted by atomic mass is 79.9. The number of benzene rings is 1. The largest absolute Gasteiger partial charge is 0.347 e. The number of hydrogen-bond donors (Lipinski definition) is 1. The Labute approximate surface area is 108 Å². The smallest absolute Gasteiger partial charge is 0.246 e. The summed E-state index contributed by atoms with van der Waals surface area (Å²) in [4.78, 5) is 24.8. The zero-order chi connectivity index (χ0) is 12.4. The molecule has 1 aliphatic rings. The molecule has 4 nitrogen and oxygen atoms in total. The second kappa shape index (κ2) is 4.87. The van der Waals surface area contributed by atoms with Crippen LogP contribution in [0.1, 0.15) is 12.0 Å². The number of amides is 2. The Morgan fingerprint density at radius 2 is 2.06 bits per heavy atom. The summed E-state index contributed by atoms with van der Waals surface area (Å²) >= 11 is 3.41. The number of rotatable bonds is 1. The van der Waals surface area contributed by atoms with Crippen molar-refractivity contribution >= 4 is 33.4 Å². The molecule has 1 heterocycles. The lowest BCUT2D eigenvalue weighted by Gasteiger charge is -2.20. The van der Waals surface area contributed by atoms with Crippen molar-refractivity contribution in [3.63, 3.8) is 0 Å². The van der Waals surface area contributed by atoms with Gasteiger partial charge in [-0.05, 0) is 30.7 Å². The molecule has 0 saturated carbocycles. The van der Waals surface area contributed by atoms with Crippen molar-refractivity contribution in [1.29, 1.82) is 0 Å². The van der Waals surface area contributed by atoms with E-state index in [1.165, 1.54) is 0 Å². The summed E-state index contributed by atoms with van der Waals surface area (Å²) in [6.07, 6.45) is 0.345. The van der Waals surface area contributed by atoms with E-state index in [0.29, 0.717) is 13.0 Å². The summed E-state index contributed by atoms with van der Waals surface area (Å²) in [5, 5.41) is 2.58. The van der Waals surface area contributed by atoms with Crippen LogP contribution in [0, 0.1) is 6.92 Å². The highest BCUT2D eigenvalue weighted by Gasteiger charge is 2.21. The van der Waals surface area contributed by atoms with Crippen LogP contribution in [-0.4, -0.2) is 24.9 Å². The lowest BCUT2D eigenvalue weighted by molar-refractivity contribution is -0.123. The van der Waals surface area contributed by atoms with Gasteiger partial charge in [0.1, 0.15) is 0 Å². The molecule has 0 bridgehead atoms. The maximum absolute atomic E-state index is 11.9. The van der Waals surface area contributed by atoms with Crippen LogP contribution in [0.5, 0.6) is 0 Å². The van der Waals surface area contributed by atoms with E-state index in [4.69, 9.17) is 0 Å². The zero-order valence-corrected chi connectivity index (χ0v) is 11.1. The Balaban J connectivity index is 2.30. The molecule has 1 fully saturated rings. The van der Waals surface area contributed by atoms with Crippen LogP contribution in [0.3, 0.4) is 0 Å². The SMILES string of the molecule is Cc1cc(Br)cc(N2CCC(=O)NCC2=O)c1. The van der Waals surface area contributed by atoms with Gasteiger partial charge in [0.2, 0.25) is 11.8 Å². The molecule has 17 heavy (non-hydrogen) atoms. The fourth-order valence-electron chi connectivity index (χ4n) is 1.84. The number of anilines is 1. The van der Waals surface area contributed by atoms with Crippen LogP contribution < -0.4 is 10.2 Å². The minimum absolute atomic E-state index is 0.0738. The van der Waals surface area contributed by atoms with E-state index in [1.807, 2.05) is 25.1 Å². The van der Waals surface area contributed by atoms with Crippen LogP contribution in [0.2, 0.25) is 0 Å². The van der Waals surface area contributed by atoms with E-state index >= 15 is 0 Å². The van der Waals surface area contributed by atoms with Crippen LogP contribution in [0.4, 0.5) is 5.69 Å². The molecule has 1 N–H and O–H groups in total. The fraction of sp³-hybridized carbons (Fsp3) is 0.333. The van der Waals surface area contributed by atoms with Crippen molar-refractivity contribution in [3.05, 3.63) is 28.2 Å². The standard InChI is InChI=1S/C12H13BrN2O2/c1-8-4-9(13)6-10(5-8)15-3-2-11(16)14-7-12(15)17/h4-6H,2-3,7H2,1H3,(H,14,16). The van der Waals surface area contributed by atoms with Gasteiger partial charge in [-0.25, -0.2) is 0 Å². The predicted molar refractivity (Wildman–Crippen MR) is 68.9 cm³/mol. The Kier molecular flexibility index (Phi) is 3.47. The van der Waals surface area contributed by atoms with E-state index in [-0.39, 0.29) is 18.4 Å². The summed E-state index contributed by atoms with van der Waals surface area (Å²) in [5.41, 5.74) is 1.91. The Hall–Kier alpha value is -1.36. The molecule has 90 valence electrons. The molecule has 5 heteroatoms. The Morgan fingerprint density at radius 1 is 1.29 bits per heavy atom. The molecule has 0 atom stereocenters. The first kappa shape index (κ1) is 12.1. The van der Waals surface area contributed by atoms with Gasteiger partial charge >= 0.3 is 0 Å². The molecule has 0 aromatic heterocycles. The van der Waals surface area contributed by atoms with Gasteiger partial charge in [0.15, 0.2) is 0 Å². The van der Waals surface area contributed by atoms with E-state index in [0.717, 1.165) is 15.7 Å². The highest BCUT2D eigenvalue weighted by molar-refractivity contribution is 9.10. The minimum Gasteiger partial charge on any atom is -0.347 e. The van der Waals surface area contributed by atoms with Gasteiger partial charge in [-0.2, -0.15) is 0 Å². The first-order valence-corrected chi connectivity index (χ1v) is 6.20. The third kappa shape index (κ3) is 2.85. The van der Waals surface area contributed by atoms with Crippen LogP contribution >= 0.6 is 15.9 Å². The summed E-state index contributed by atoms with van der Waals surface area (Å²) < 4.78 is 0.934. The fourth-order valence-corrected chi connectivity index (χ4v) is 2.44. The first-order valence-electron chi connectivity index (χ1n) is 5.40. The van der Waals surface area contributed by atoms with E-state index in [2.05, 4.69) is 21.2 Å². The van der Waals surface area contributed by atoms with Crippen LogP contribution in [0.15, 0.2) is 22.7 Å². The molecule has 1 aliphatic heterocycles. The highest BCUT2D eigenvalue weighted by Crippen LogP contribution is 2.23. The van der Waals surface area contributed by atoms with E-state index in [1.54, 1.807) is 4.90 Å². The number of aryl methyl sites for hydroxylation is 1. The van der Waals surface area contributed by atoms with Crippen molar-refractivity contribution in [1.82, 2.24) is 5.32 Å². The summed E-state index contributed by atoms with van der Waals surface area (Å²) in [6, 6.07) is 5.81. The van der Waals surface area contributed by atoms with Gasteiger partial charge in [0.25, 0.3) is 0 Å². The number of carbonyl (C=O) groups excluding carboxylic acids is 2. The normalized spacial score (nSPS) is 16.7. The molecular formula is C12H13BrN2O2. The van der Waals surface area contributed by atoms with Crippen molar-refractivity contribution < 1.29 is 9.59 Å². The first-order chi connectivity index (χ1) is 8.06. The third-order valence-corrected chi connectivity index (χ3v) is 3.10. The average Bonchev–Trinajstić information content (AvgIpc) is 2.40. The molecule has 1 aromatic rings. The van der Waals surface area contributed by atoms with Crippen LogP contribution in [-0.2, 0) is 9.59 Å². The maximum Gasteiger partial charge on any atom is 0.246 e. The number of halogens is 1. The monoisotopic (exact) mass is 296 g/mol. The minimum atomic E-state index is -0.0763. The molecule has 0 radical (unpaired) electrons. The molecular weight excluding hydrogens is 284 g/mol. The van der Waals surface area contributed by atoms with Crippen molar-refractivity contribution in [2.75, 3.05) is 18.0 Å². The summed E-state index contributed by atoms with van der Waals surface area (Å²) in [7, 11) is 0. The molecule has 1 aromatic carbocycles. The molecule has 2 amide bonds. The van der Waals surface area contributed by atoms with Crippen molar-refractivity contribution in [2.24, 2.45) is 0 Å². The zero-order valence-electron chi connectivity index (χ0n) is 9.50. The number of nitrogens with one attached hydrogen (secondary N) is 1. The topological polar surface area (TPSA) is 49.4 Å². The average molecular weight is 297 g/mol. The Morgan fingerprint density at radius 3 is 2.76 bits per heavy atom. The molecule has 1 saturated heterocycles. The number of hydrogen-bond acceptors (Lipinski definition) is 2. The third-order valence-electron chi connectivity index (χ3n) is 2.64. The second-order valence-electron chi connectivity index (χ2n) is 4.06. The summed E-state index contributed by atoms with van der Waals surface area (Å²) in [5.74, 6) is -0.152. The second-order valence-corrected chi connectivity index (χ2v) is 4.97. The van der Waals surface area contributed by atoms with E-state index < -0.39 is 0 Å². The quantitative estimate of drug-likeness (QED) is 0.856. The van der Waals surface area contributed by atoms with E-state index in [9.17, 15) is 9.59 Å². The molecule has 0 unspecified atom stereocenters. The molecule has 0 aliphatic carbocycles. The van der Waals surface area contributed by atoms with Gasteiger partial charge in [0, 0.05) is 23.1 Å².